The van der Waals surface area contributed by atoms with E-state index in [4.69, 9.17) is 0 Å². The number of benzene rings is 2. The van der Waals surface area contributed by atoms with Crippen LogP contribution in [0.5, 0.6) is 0 Å². The number of anilines is 3. The Hall–Kier alpha value is -2.92. The van der Waals surface area contributed by atoms with Gasteiger partial charge >= 0.3 is 0 Å². The lowest BCUT2D eigenvalue weighted by atomic mass is 9.99. The number of hydrogen-bond acceptors (Lipinski definition) is 5. The van der Waals surface area contributed by atoms with Crippen molar-refractivity contribution in [3.05, 3.63) is 65.8 Å². The van der Waals surface area contributed by atoms with Crippen LogP contribution in [0.3, 0.4) is 0 Å². The summed E-state index contributed by atoms with van der Waals surface area (Å²) in [6, 6.07) is 17.6. The van der Waals surface area contributed by atoms with Crippen molar-refractivity contribution in [2.24, 2.45) is 5.92 Å². The molecule has 0 radical (unpaired) electrons. The number of aromatic nitrogens is 2. The number of nitrogens with zero attached hydrogens (tertiary/aromatic N) is 3. The molecule has 1 fully saturated rings. The van der Waals surface area contributed by atoms with Gasteiger partial charge in [-0.1, -0.05) is 38.1 Å². The summed E-state index contributed by atoms with van der Waals surface area (Å²) >= 11 is 1.67. The highest BCUT2D eigenvalue weighted by molar-refractivity contribution is 7.17. The van der Waals surface area contributed by atoms with E-state index in [9.17, 15) is 0 Å². The fraction of sp³-hybridized carbons (Fsp3) is 0.308. The first-order valence-electron chi connectivity index (χ1n) is 11.1. The van der Waals surface area contributed by atoms with Crippen LogP contribution in [0.15, 0.2) is 60.2 Å². The lowest BCUT2D eigenvalue weighted by Crippen LogP contribution is -2.32. The summed E-state index contributed by atoms with van der Waals surface area (Å²) in [4.78, 5) is 12.6. The molecule has 0 spiro atoms. The van der Waals surface area contributed by atoms with Crippen LogP contribution in [0, 0.1) is 5.92 Å². The molecule has 4 nitrogen and oxygen atoms in total. The summed E-state index contributed by atoms with van der Waals surface area (Å²) in [6.07, 6.45) is 5.25. The molecule has 2 aromatic heterocycles. The Kier molecular flexibility index (Phi) is 5.60. The number of thiophene rings is 1. The van der Waals surface area contributed by atoms with Crippen molar-refractivity contribution in [1.29, 1.82) is 0 Å². The van der Waals surface area contributed by atoms with E-state index in [1.165, 1.54) is 35.2 Å². The standard InChI is InChI=1S/C26H28N4S/c1-3-19-4-6-20(7-5-19)23-16-31-26-24(23)25(27-17-28-26)29-21-8-10-22(11-9-21)30-14-12-18(2)13-15-30/h4-11,16-18H,3,12-15H2,1-2H3,(H,27,28,29). The van der Waals surface area contributed by atoms with E-state index in [1.807, 2.05) is 0 Å². The van der Waals surface area contributed by atoms with E-state index in [1.54, 1.807) is 17.7 Å². The molecule has 5 rings (SSSR count). The third-order valence-corrected chi connectivity index (χ3v) is 7.21. The average molecular weight is 429 g/mol. The molecule has 4 aromatic rings. The summed E-state index contributed by atoms with van der Waals surface area (Å²) in [5.74, 6) is 1.70. The summed E-state index contributed by atoms with van der Waals surface area (Å²) in [5, 5.41) is 6.82. The zero-order valence-electron chi connectivity index (χ0n) is 18.1. The van der Waals surface area contributed by atoms with Gasteiger partial charge in [-0.15, -0.1) is 11.3 Å². The zero-order valence-corrected chi connectivity index (χ0v) is 19.0. The van der Waals surface area contributed by atoms with Gasteiger partial charge in [-0.25, -0.2) is 9.97 Å². The average Bonchev–Trinajstić information content (AvgIpc) is 3.26. The van der Waals surface area contributed by atoms with Crippen molar-refractivity contribution in [3.8, 4) is 11.1 Å². The first kappa shape index (κ1) is 20.0. The highest BCUT2D eigenvalue weighted by atomic mass is 32.1. The van der Waals surface area contributed by atoms with Gasteiger partial charge in [-0.2, -0.15) is 0 Å². The van der Waals surface area contributed by atoms with Crippen molar-refractivity contribution in [2.45, 2.75) is 33.1 Å². The minimum atomic E-state index is 0.843. The van der Waals surface area contributed by atoms with Gasteiger partial charge in [0.15, 0.2) is 0 Å². The molecule has 0 aliphatic carbocycles. The summed E-state index contributed by atoms with van der Waals surface area (Å²) in [7, 11) is 0. The maximum Gasteiger partial charge on any atom is 0.143 e. The minimum absolute atomic E-state index is 0.843. The lowest BCUT2D eigenvalue weighted by Gasteiger charge is -2.32. The molecular formula is C26H28N4S. The van der Waals surface area contributed by atoms with Crippen LogP contribution in [-0.2, 0) is 6.42 Å². The van der Waals surface area contributed by atoms with Crippen LogP contribution in [0.25, 0.3) is 21.3 Å². The Morgan fingerprint density at radius 1 is 1.00 bits per heavy atom. The van der Waals surface area contributed by atoms with Gasteiger partial charge in [0.25, 0.3) is 0 Å². The van der Waals surface area contributed by atoms with Gasteiger partial charge < -0.3 is 10.2 Å². The topological polar surface area (TPSA) is 41.1 Å². The van der Waals surface area contributed by atoms with Gasteiger partial charge in [0.05, 0.1) is 5.39 Å². The fourth-order valence-corrected chi connectivity index (χ4v) is 5.18. The number of piperidine rings is 1. The van der Waals surface area contributed by atoms with E-state index < -0.39 is 0 Å². The lowest BCUT2D eigenvalue weighted by molar-refractivity contribution is 0.438. The second-order valence-corrected chi connectivity index (χ2v) is 9.30. The Morgan fingerprint density at radius 2 is 1.74 bits per heavy atom. The molecule has 1 N–H and O–H groups in total. The monoisotopic (exact) mass is 428 g/mol. The summed E-state index contributed by atoms with van der Waals surface area (Å²) in [6.45, 7) is 6.83. The smallest absolute Gasteiger partial charge is 0.143 e. The van der Waals surface area contributed by atoms with E-state index in [-0.39, 0.29) is 0 Å². The Bertz CT molecular complexity index is 1160. The van der Waals surface area contributed by atoms with Crippen LogP contribution >= 0.6 is 11.3 Å². The van der Waals surface area contributed by atoms with Crippen LogP contribution < -0.4 is 10.2 Å². The highest BCUT2D eigenvalue weighted by Crippen LogP contribution is 2.37. The van der Waals surface area contributed by atoms with Gasteiger partial charge in [0.2, 0.25) is 0 Å². The molecule has 0 amide bonds. The SMILES string of the molecule is CCc1ccc(-c2csc3ncnc(Nc4ccc(N5CCC(C)CC5)cc4)c23)cc1. The fourth-order valence-electron chi connectivity index (χ4n) is 4.26. The predicted molar refractivity (Wildman–Crippen MR) is 133 cm³/mol. The largest absolute Gasteiger partial charge is 0.372 e. The van der Waals surface area contributed by atoms with Crippen LogP contribution in [0.1, 0.15) is 32.3 Å². The molecule has 0 unspecified atom stereocenters. The normalized spacial score (nSPS) is 14.8. The maximum absolute atomic E-state index is 4.59. The molecule has 0 saturated carbocycles. The summed E-state index contributed by atoms with van der Waals surface area (Å²) in [5.41, 5.74) is 6.09. The minimum Gasteiger partial charge on any atom is -0.372 e. The van der Waals surface area contributed by atoms with Crippen molar-refractivity contribution >= 4 is 38.7 Å². The summed E-state index contributed by atoms with van der Waals surface area (Å²) < 4.78 is 0. The zero-order chi connectivity index (χ0) is 21.2. The Labute approximate surface area is 188 Å². The second-order valence-electron chi connectivity index (χ2n) is 8.44. The Balaban J connectivity index is 1.42. The van der Waals surface area contributed by atoms with Crippen LogP contribution in [-0.4, -0.2) is 23.1 Å². The molecule has 31 heavy (non-hydrogen) atoms. The molecule has 3 heterocycles. The van der Waals surface area contributed by atoms with E-state index >= 15 is 0 Å². The quantitative estimate of drug-likeness (QED) is 0.375. The number of fused-ring (bicyclic) bond motifs is 1. The highest BCUT2D eigenvalue weighted by Gasteiger charge is 2.16. The number of hydrogen-bond donors (Lipinski definition) is 1. The van der Waals surface area contributed by atoms with Crippen molar-refractivity contribution < 1.29 is 0 Å². The molecule has 0 bridgehead atoms. The molecule has 1 saturated heterocycles. The first-order valence-corrected chi connectivity index (χ1v) is 12.0. The second kappa shape index (κ2) is 8.67. The van der Waals surface area contributed by atoms with E-state index in [0.717, 1.165) is 47.2 Å². The molecular weight excluding hydrogens is 400 g/mol. The van der Waals surface area contributed by atoms with Gasteiger partial charge in [0, 0.05) is 35.4 Å². The molecule has 1 aliphatic heterocycles. The van der Waals surface area contributed by atoms with E-state index in [2.05, 4.69) is 87.9 Å². The Morgan fingerprint density at radius 3 is 2.45 bits per heavy atom. The predicted octanol–water partition coefficient (Wildman–Crippen LogP) is 6.90. The molecule has 5 heteroatoms. The van der Waals surface area contributed by atoms with Crippen LogP contribution in [0.4, 0.5) is 17.2 Å². The number of rotatable bonds is 5. The third kappa shape index (κ3) is 4.15. The molecule has 158 valence electrons. The van der Waals surface area contributed by atoms with Crippen molar-refractivity contribution in [3.63, 3.8) is 0 Å². The van der Waals surface area contributed by atoms with Gasteiger partial charge in [0.1, 0.15) is 17.0 Å². The molecule has 0 atom stereocenters. The van der Waals surface area contributed by atoms with Crippen molar-refractivity contribution in [1.82, 2.24) is 9.97 Å². The number of nitrogens with one attached hydrogen (secondary N) is 1. The van der Waals surface area contributed by atoms with Gasteiger partial charge in [-0.05, 0) is 60.6 Å². The molecule has 2 aromatic carbocycles. The van der Waals surface area contributed by atoms with E-state index in [0.29, 0.717) is 0 Å². The first-order chi connectivity index (χ1) is 15.2. The van der Waals surface area contributed by atoms with Crippen LogP contribution in [0.2, 0.25) is 0 Å². The molecule has 1 aliphatic rings. The van der Waals surface area contributed by atoms with Gasteiger partial charge in [-0.3, -0.25) is 0 Å². The number of aryl methyl sites for hydroxylation is 1. The third-order valence-electron chi connectivity index (χ3n) is 6.32. The maximum atomic E-state index is 4.59. The van der Waals surface area contributed by atoms with Crippen molar-refractivity contribution in [2.75, 3.05) is 23.3 Å².